The van der Waals surface area contributed by atoms with Gasteiger partial charge in [-0.15, -0.1) is 5.10 Å². The normalized spacial score (nSPS) is 12.6. The Labute approximate surface area is 122 Å². The minimum absolute atomic E-state index is 0.0900. The maximum Gasteiger partial charge on any atom is 0.243 e. The molecule has 3 rings (SSSR count). The van der Waals surface area contributed by atoms with Gasteiger partial charge in [0.2, 0.25) is 5.95 Å². The van der Waals surface area contributed by atoms with Crippen molar-refractivity contribution in [1.82, 2.24) is 14.6 Å². The molecule has 0 amide bonds. The van der Waals surface area contributed by atoms with Gasteiger partial charge in [0, 0.05) is 11.2 Å². The lowest BCUT2D eigenvalue weighted by Gasteiger charge is -2.12. The first-order chi connectivity index (χ1) is 9.61. The number of rotatable bonds is 3. The number of benzene rings is 1. The molecule has 0 fully saturated rings. The molecule has 2 aromatic heterocycles. The number of aryl methyl sites for hydroxylation is 1. The Morgan fingerprint density at radius 3 is 2.90 bits per heavy atom. The van der Waals surface area contributed by atoms with Gasteiger partial charge in [0.25, 0.3) is 0 Å². The van der Waals surface area contributed by atoms with Gasteiger partial charge >= 0.3 is 0 Å². The third-order valence-electron chi connectivity index (χ3n) is 3.17. The van der Waals surface area contributed by atoms with E-state index in [1.165, 1.54) is 0 Å². The van der Waals surface area contributed by atoms with E-state index >= 15 is 0 Å². The highest BCUT2D eigenvalue weighted by Crippen LogP contribution is 2.20. The van der Waals surface area contributed by atoms with Crippen LogP contribution in [0.4, 0.5) is 5.95 Å². The van der Waals surface area contributed by atoms with Crippen LogP contribution in [0.15, 0.2) is 42.6 Å². The number of hydrogen-bond donors (Lipinski definition) is 1. The van der Waals surface area contributed by atoms with E-state index in [9.17, 15) is 0 Å². The van der Waals surface area contributed by atoms with E-state index in [-0.39, 0.29) is 6.04 Å². The predicted octanol–water partition coefficient (Wildman–Crippen LogP) is 3.86. The number of pyridine rings is 1. The van der Waals surface area contributed by atoms with Gasteiger partial charge in [0.1, 0.15) is 0 Å². The smallest absolute Gasteiger partial charge is 0.243 e. The molecule has 20 heavy (non-hydrogen) atoms. The van der Waals surface area contributed by atoms with E-state index in [1.54, 1.807) is 4.52 Å². The van der Waals surface area contributed by atoms with Crippen LogP contribution in [0.3, 0.4) is 0 Å². The van der Waals surface area contributed by atoms with Crippen molar-refractivity contribution in [3.63, 3.8) is 0 Å². The van der Waals surface area contributed by atoms with Crippen molar-refractivity contribution in [3.05, 3.63) is 58.7 Å². The molecule has 0 saturated heterocycles. The molecule has 0 saturated carbocycles. The van der Waals surface area contributed by atoms with Gasteiger partial charge in [-0.05, 0) is 43.2 Å². The van der Waals surface area contributed by atoms with Gasteiger partial charge < -0.3 is 5.32 Å². The van der Waals surface area contributed by atoms with E-state index < -0.39 is 0 Å². The lowest BCUT2D eigenvalue weighted by molar-refractivity contribution is 0.852. The van der Waals surface area contributed by atoms with Crippen LogP contribution >= 0.6 is 11.6 Å². The Balaban J connectivity index is 1.85. The molecule has 0 aliphatic carbocycles. The second-order valence-corrected chi connectivity index (χ2v) is 5.30. The second-order valence-electron chi connectivity index (χ2n) is 4.87. The summed E-state index contributed by atoms with van der Waals surface area (Å²) in [6.07, 6.45) is 1.96. The summed E-state index contributed by atoms with van der Waals surface area (Å²) in [5.41, 5.74) is 3.08. The lowest BCUT2D eigenvalue weighted by atomic mass is 10.1. The van der Waals surface area contributed by atoms with Crippen molar-refractivity contribution in [3.8, 4) is 0 Å². The Hall–Kier alpha value is -2.07. The fourth-order valence-electron chi connectivity index (χ4n) is 2.10. The second kappa shape index (κ2) is 5.13. The van der Waals surface area contributed by atoms with Crippen LogP contribution in [0, 0.1) is 6.92 Å². The zero-order chi connectivity index (χ0) is 14.1. The van der Waals surface area contributed by atoms with E-state index in [1.807, 2.05) is 49.5 Å². The van der Waals surface area contributed by atoms with Crippen LogP contribution in [0.2, 0.25) is 5.02 Å². The lowest BCUT2D eigenvalue weighted by Crippen LogP contribution is -2.07. The molecule has 0 bridgehead atoms. The molecule has 1 atom stereocenters. The van der Waals surface area contributed by atoms with Crippen molar-refractivity contribution >= 4 is 23.2 Å². The number of aromatic nitrogens is 3. The molecule has 2 heterocycles. The van der Waals surface area contributed by atoms with Crippen molar-refractivity contribution in [2.45, 2.75) is 19.9 Å². The first kappa shape index (κ1) is 12.9. The Morgan fingerprint density at radius 1 is 1.25 bits per heavy atom. The standard InChI is InChI=1S/C15H15ClN4/c1-10-6-7-14-18-15(19-20(14)9-10)17-11(2)12-4-3-5-13(16)8-12/h3-9,11H,1-2H3,(H,17,19). The van der Waals surface area contributed by atoms with Gasteiger partial charge in [0.05, 0.1) is 6.04 Å². The Kier molecular flexibility index (Phi) is 3.32. The molecule has 1 aromatic carbocycles. The zero-order valence-corrected chi connectivity index (χ0v) is 12.1. The van der Waals surface area contributed by atoms with Gasteiger partial charge in [-0.2, -0.15) is 4.98 Å². The number of nitrogens with zero attached hydrogens (tertiary/aromatic N) is 3. The minimum atomic E-state index is 0.0900. The monoisotopic (exact) mass is 286 g/mol. The van der Waals surface area contributed by atoms with Crippen LogP contribution < -0.4 is 5.32 Å². The summed E-state index contributed by atoms with van der Waals surface area (Å²) in [4.78, 5) is 4.45. The number of hydrogen-bond acceptors (Lipinski definition) is 3. The van der Waals surface area contributed by atoms with Gasteiger partial charge in [-0.25, -0.2) is 4.52 Å². The summed E-state index contributed by atoms with van der Waals surface area (Å²) in [7, 11) is 0. The average Bonchev–Trinajstić information content (AvgIpc) is 2.80. The largest absolute Gasteiger partial charge is 0.346 e. The van der Waals surface area contributed by atoms with Crippen molar-refractivity contribution in [2.75, 3.05) is 5.32 Å². The van der Waals surface area contributed by atoms with E-state index in [0.717, 1.165) is 21.8 Å². The van der Waals surface area contributed by atoms with Crippen LogP contribution in [-0.4, -0.2) is 14.6 Å². The Morgan fingerprint density at radius 2 is 2.10 bits per heavy atom. The third-order valence-corrected chi connectivity index (χ3v) is 3.41. The molecule has 102 valence electrons. The molecule has 1 N–H and O–H groups in total. The van der Waals surface area contributed by atoms with Crippen molar-refractivity contribution in [1.29, 1.82) is 0 Å². The maximum atomic E-state index is 6.01. The molecule has 3 aromatic rings. The highest BCUT2D eigenvalue weighted by atomic mass is 35.5. The van der Waals surface area contributed by atoms with Crippen LogP contribution in [0.25, 0.3) is 5.65 Å². The molecule has 4 nitrogen and oxygen atoms in total. The highest BCUT2D eigenvalue weighted by molar-refractivity contribution is 6.30. The fraction of sp³-hybridized carbons (Fsp3) is 0.200. The van der Waals surface area contributed by atoms with Crippen LogP contribution in [0.1, 0.15) is 24.1 Å². The fourth-order valence-corrected chi connectivity index (χ4v) is 2.30. The number of nitrogens with one attached hydrogen (secondary N) is 1. The average molecular weight is 287 g/mol. The molecule has 0 radical (unpaired) electrons. The number of anilines is 1. The van der Waals surface area contributed by atoms with Gasteiger partial charge in [0.15, 0.2) is 5.65 Å². The molecule has 0 aliphatic heterocycles. The van der Waals surface area contributed by atoms with E-state index in [0.29, 0.717) is 5.95 Å². The summed E-state index contributed by atoms with van der Waals surface area (Å²) in [6.45, 7) is 4.09. The summed E-state index contributed by atoms with van der Waals surface area (Å²) in [5.74, 6) is 0.614. The first-order valence-electron chi connectivity index (χ1n) is 6.47. The highest BCUT2D eigenvalue weighted by Gasteiger charge is 2.09. The SMILES string of the molecule is Cc1ccc2nc(NC(C)c3cccc(Cl)c3)nn2c1. The van der Waals surface area contributed by atoms with Crippen molar-refractivity contribution in [2.24, 2.45) is 0 Å². The zero-order valence-electron chi connectivity index (χ0n) is 11.3. The summed E-state index contributed by atoms with van der Waals surface area (Å²) in [5, 5.41) is 8.45. The third kappa shape index (κ3) is 2.60. The van der Waals surface area contributed by atoms with Gasteiger partial charge in [-0.1, -0.05) is 29.8 Å². The minimum Gasteiger partial charge on any atom is -0.346 e. The molecular formula is C15H15ClN4. The molecule has 0 spiro atoms. The topological polar surface area (TPSA) is 42.2 Å². The quantitative estimate of drug-likeness (QED) is 0.795. The molecule has 5 heteroatoms. The predicted molar refractivity (Wildman–Crippen MR) is 81.2 cm³/mol. The first-order valence-corrected chi connectivity index (χ1v) is 6.84. The van der Waals surface area contributed by atoms with Crippen LogP contribution in [-0.2, 0) is 0 Å². The summed E-state index contributed by atoms with van der Waals surface area (Å²) < 4.78 is 1.78. The van der Waals surface area contributed by atoms with Crippen molar-refractivity contribution < 1.29 is 0 Å². The van der Waals surface area contributed by atoms with Gasteiger partial charge in [-0.3, -0.25) is 0 Å². The molecular weight excluding hydrogens is 272 g/mol. The molecule has 0 aliphatic rings. The van der Waals surface area contributed by atoms with E-state index in [2.05, 4.69) is 22.3 Å². The van der Waals surface area contributed by atoms with E-state index in [4.69, 9.17) is 11.6 Å². The summed E-state index contributed by atoms with van der Waals surface area (Å²) >= 11 is 6.01. The number of fused-ring (bicyclic) bond motifs is 1. The maximum absolute atomic E-state index is 6.01. The van der Waals surface area contributed by atoms with Crippen LogP contribution in [0.5, 0.6) is 0 Å². The molecule has 1 unspecified atom stereocenters. The summed E-state index contributed by atoms with van der Waals surface area (Å²) in [6, 6.07) is 11.8. The Bertz CT molecular complexity index is 750. The number of halogens is 1.